The van der Waals surface area contributed by atoms with Gasteiger partial charge in [-0.05, 0) is 29.8 Å². The minimum Gasteiger partial charge on any atom is -0.493 e. The molecular formula is C24H25NO5. The van der Waals surface area contributed by atoms with E-state index >= 15 is 0 Å². The van der Waals surface area contributed by atoms with Gasteiger partial charge in [-0.3, -0.25) is 4.79 Å². The normalized spacial score (nSPS) is 10.2. The summed E-state index contributed by atoms with van der Waals surface area (Å²) < 4.78 is 22.1. The Hall–Kier alpha value is -3.67. The average Bonchev–Trinajstić information content (AvgIpc) is 2.81. The largest absolute Gasteiger partial charge is 0.493 e. The van der Waals surface area contributed by atoms with Crippen molar-refractivity contribution in [3.05, 3.63) is 83.4 Å². The summed E-state index contributed by atoms with van der Waals surface area (Å²) in [5.74, 6) is 1.85. The molecular weight excluding hydrogens is 382 g/mol. The molecule has 0 atom stereocenters. The van der Waals surface area contributed by atoms with E-state index in [-0.39, 0.29) is 12.5 Å². The van der Waals surface area contributed by atoms with E-state index in [1.165, 1.54) is 0 Å². The molecule has 30 heavy (non-hydrogen) atoms. The fourth-order valence-electron chi connectivity index (χ4n) is 3.09. The molecule has 0 aliphatic rings. The fourth-order valence-corrected chi connectivity index (χ4v) is 3.09. The number of carbonyl (C=O) groups excluding carboxylic acids is 1. The molecule has 0 bridgehead atoms. The summed E-state index contributed by atoms with van der Waals surface area (Å²) in [5, 5.41) is 2.92. The first kappa shape index (κ1) is 21.0. The Morgan fingerprint density at radius 3 is 2.17 bits per heavy atom. The van der Waals surface area contributed by atoms with E-state index in [4.69, 9.17) is 18.9 Å². The highest BCUT2D eigenvalue weighted by atomic mass is 16.5. The molecule has 0 saturated heterocycles. The number of hydrogen-bond donors (Lipinski definition) is 1. The molecule has 156 valence electrons. The summed E-state index contributed by atoms with van der Waals surface area (Å²) in [5.41, 5.74) is 2.27. The number of methoxy groups -OCH3 is 3. The third kappa shape index (κ3) is 4.84. The van der Waals surface area contributed by atoms with E-state index in [0.29, 0.717) is 35.2 Å². The third-order valence-electron chi connectivity index (χ3n) is 4.59. The maximum atomic E-state index is 12.8. The molecule has 0 radical (unpaired) electrons. The predicted molar refractivity (Wildman–Crippen MR) is 114 cm³/mol. The molecule has 0 spiro atoms. The quantitative estimate of drug-likeness (QED) is 0.575. The third-order valence-corrected chi connectivity index (χ3v) is 4.59. The molecule has 0 aromatic heterocycles. The van der Waals surface area contributed by atoms with E-state index < -0.39 is 0 Å². The van der Waals surface area contributed by atoms with Crippen molar-refractivity contribution in [3.63, 3.8) is 0 Å². The molecule has 1 amide bonds. The molecule has 3 aromatic rings. The van der Waals surface area contributed by atoms with E-state index in [9.17, 15) is 4.79 Å². The summed E-state index contributed by atoms with van der Waals surface area (Å²) >= 11 is 0. The van der Waals surface area contributed by atoms with Gasteiger partial charge in [0.25, 0.3) is 5.91 Å². The maximum absolute atomic E-state index is 12.8. The fraction of sp³-hybridized carbons (Fsp3) is 0.208. The maximum Gasteiger partial charge on any atom is 0.255 e. The lowest BCUT2D eigenvalue weighted by Crippen LogP contribution is -2.23. The van der Waals surface area contributed by atoms with Crippen LogP contribution in [0.5, 0.6) is 23.0 Å². The monoisotopic (exact) mass is 407 g/mol. The molecule has 3 rings (SSSR count). The van der Waals surface area contributed by atoms with Crippen LogP contribution in [0.2, 0.25) is 0 Å². The van der Waals surface area contributed by atoms with Gasteiger partial charge in [-0.1, -0.05) is 42.5 Å². The minimum absolute atomic E-state index is 0.240. The van der Waals surface area contributed by atoms with Crippen LogP contribution in [-0.2, 0) is 13.2 Å². The van der Waals surface area contributed by atoms with Crippen molar-refractivity contribution in [1.29, 1.82) is 0 Å². The summed E-state index contributed by atoms with van der Waals surface area (Å²) in [7, 11) is 4.66. The van der Waals surface area contributed by atoms with Crippen molar-refractivity contribution >= 4 is 5.91 Å². The topological polar surface area (TPSA) is 66.0 Å². The standard InChI is InChI=1S/C24H25NO5/c1-27-21-14-13-18(22(28-2)23(21)29-3)15-25-24(26)19-11-7-8-12-20(19)30-16-17-9-5-4-6-10-17/h4-14H,15-16H2,1-3H3,(H,25,26). The SMILES string of the molecule is COc1ccc(CNC(=O)c2ccccc2OCc2ccccc2)c(OC)c1OC. The Morgan fingerprint density at radius 1 is 0.767 bits per heavy atom. The Kier molecular flexibility index (Phi) is 7.16. The molecule has 0 unspecified atom stereocenters. The van der Waals surface area contributed by atoms with Gasteiger partial charge >= 0.3 is 0 Å². The van der Waals surface area contributed by atoms with Gasteiger partial charge in [-0.15, -0.1) is 0 Å². The van der Waals surface area contributed by atoms with Gasteiger partial charge < -0.3 is 24.3 Å². The first-order valence-electron chi connectivity index (χ1n) is 9.49. The van der Waals surface area contributed by atoms with Gasteiger partial charge in [-0.2, -0.15) is 0 Å². The van der Waals surface area contributed by atoms with Crippen molar-refractivity contribution in [2.75, 3.05) is 21.3 Å². The zero-order valence-electron chi connectivity index (χ0n) is 17.3. The Bertz CT molecular complexity index is 988. The summed E-state index contributed by atoms with van der Waals surface area (Å²) in [4.78, 5) is 12.8. The zero-order valence-corrected chi connectivity index (χ0v) is 17.3. The Balaban J connectivity index is 1.73. The Labute approximate surface area is 176 Å². The number of carbonyl (C=O) groups is 1. The van der Waals surface area contributed by atoms with E-state index in [2.05, 4.69) is 5.32 Å². The van der Waals surface area contributed by atoms with Crippen LogP contribution in [0.25, 0.3) is 0 Å². The van der Waals surface area contributed by atoms with Gasteiger partial charge in [0.05, 0.1) is 26.9 Å². The molecule has 0 aliphatic carbocycles. The highest BCUT2D eigenvalue weighted by Gasteiger charge is 2.17. The molecule has 1 N–H and O–H groups in total. The van der Waals surface area contributed by atoms with E-state index in [1.54, 1.807) is 45.6 Å². The van der Waals surface area contributed by atoms with Crippen LogP contribution in [0.4, 0.5) is 0 Å². The lowest BCUT2D eigenvalue weighted by molar-refractivity contribution is 0.0946. The lowest BCUT2D eigenvalue weighted by atomic mass is 10.1. The predicted octanol–water partition coefficient (Wildman–Crippen LogP) is 4.22. The van der Waals surface area contributed by atoms with E-state index in [1.807, 2.05) is 42.5 Å². The van der Waals surface area contributed by atoms with Crippen LogP contribution in [0, 0.1) is 0 Å². The highest BCUT2D eigenvalue weighted by Crippen LogP contribution is 2.39. The second-order valence-electron chi connectivity index (χ2n) is 6.45. The second-order valence-corrected chi connectivity index (χ2v) is 6.45. The van der Waals surface area contributed by atoms with Crippen molar-refractivity contribution in [2.45, 2.75) is 13.2 Å². The van der Waals surface area contributed by atoms with Crippen molar-refractivity contribution in [3.8, 4) is 23.0 Å². The van der Waals surface area contributed by atoms with Gasteiger partial charge in [0, 0.05) is 12.1 Å². The molecule has 0 saturated carbocycles. The van der Waals surface area contributed by atoms with Crippen LogP contribution in [0.1, 0.15) is 21.5 Å². The van der Waals surface area contributed by atoms with Crippen LogP contribution in [0.15, 0.2) is 66.7 Å². The van der Waals surface area contributed by atoms with Crippen LogP contribution in [0.3, 0.4) is 0 Å². The molecule has 0 aliphatic heterocycles. The Morgan fingerprint density at radius 2 is 1.47 bits per heavy atom. The van der Waals surface area contributed by atoms with Gasteiger partial charge in [-0.25, -0.2) is 0 Å². The second kappa shape index (κ2) is 10.2. The molecule has 6 nitrogen and oxygen atoms in total. The lowest BCUT2D eigenvalue weighted by Gasteiger charge is -2.16. The van der Waals surface area contributed by atoms with Crippen LogP contribution >= 0.6 is 0 Å². The van der Waals surface area contributed by atoms with Crippen LogP contribution in [-0.4, -0.2) is 27.2 Å². The number of nitrogens with one attached hydrogen (secondary N) is 1. The molecule has 0 heterocycles. The van der Waals surface area contributed by atoms with Crippen molar-refractivity contribution in [1.82, 2.24) is 5.32 Å². The van der Waals surface area contributed by atoms with E-state index in [0.717, 1.165) is 11.1 Å². The number of rotatable bonds is 9. The number of hydrogen-bond acceptors (Lipinski definition) is 5. The molecule has 6 heteroatoms. The number of ether oxygens (including phenoxy) is 4. The number of amides is 1. The van der Waals surface area contributed by atoms with Gasteiger partial charge in [0.1, 0.15) is 12.4 Å². The number of para-hydroxylation sites is 1. The summed E-state index contributed by atoms with van der Waals surface area (Å²) in [6, 6.07) is 20.6. The summed E-state index contributed by atoms with van der Waals surface area (Å²) in [6.07, 6.45) is 0. The summed E-state index contributed by atoms with van der Waals surface area (Å²) in [6.45, 7) is 0.643. The molecule has 0 fully saturated rings. The minimum atomic E-state index is -0.240. The van der Waals surface area contributed by atoms with Crippen molar-refractivity contribution in [2.24, 2.45) is 0 Å². The van der Waals surface area contributed by atoms with Crippen LogP contribution < -0.4 is 24.3 Å². The van der Waals surface area contributed by atoms with Gasteiger partial charge in [0.15, 0.2) is 11.5 Å². The molecule has 3 aromatic carbocycles. The first-order valence-corrected chi connectivity index (χ1v) is 9.49. The highest BCUT2D eigenvalue weighted by molar-refractivity contribution is 5.96. The first-order chi connectivity index (χ1) is 14.7. The van der Waals surface area contributed by atoms with Gasteiger partial charge in [0.2, 0.25) is 5.75 Å². The number of benzene rings is 3. The average molecular weight is 407 g/mol. The van der Waals surface area contributed by atoms with Crippen molar-refractivity contribution < 1.29 is 23.7 Å². The smallest absolute Gasteiger partial charge is 0.255 e. The zero-order chi connectivity index (χ0) is 21.3.